The minimum absolute atomic E-state index is 0.0708. The lowest BCUT2D eigenvalue weighted by Gasteiger charge is -2.21. The predicted octanol–water partition coefficient (Wildman–Crippen LogP) is 3.31. The molecule has 0 fully saturated rings. The summed E-state index contributed by atoms with van der Waals surface area (Å²) in [5.74, 6) is 2.48. The van der Waals surface area contributed by atoms with Crippen LogP contribution in [0.5, 0.6) is 23.0 Å². The maximum atomic E-state index is 12.6. The zero-order valence-corrected chi connectivity index (χ0v) is 21.1. The Labute approximate surface area is 210 Å². The minimum Gasteiger partial charge on any atom is -0.490 e. The molecule has 0 saturated heterocycles. The Balaban J connectivity index is 1.26. The van der Waals surface area contributed by atoms with Gasteiger partial charge >= 0.3 is 6.09 Å². The first-order valence-corrected chi connectivity index (χ1v) is 12.0. The molecule has 0 radical (unpaired) electrons. The van der Waals surface area contributed by atoms with Gasteiger partial charge < -0.3 is 34.1 Å². The zero-order valence-electron chi connectivity index (χ0n) is 21.1. The molecular weight excluding hydrogens is 466 g/mol. The quantitative estimate of drug-likeness (QED) is 0.428. The van der Waals surface area contributed by atoms with Crippen molar-refractivity contribution in [1.82, 2.24) is 15.1 Å². The van der Waals surface area contributed by atoms with Gasteiger partial charge in [-0.2, -0.15) is 9.78 Å². The molecule has 194 valence electrons. The fraction of sp³-hybridized carbons (Fsp3) is 0.462. The van der Waals surface area contributed by atoms with E-state index < -0.39 is 17.8 Å². The molecule has 1 aliphatic heterocycles. The largest absolute Gasteiger partial charge is 0.490 e. The first-order chi connectivity index (χ1) is 17.2. The molecule has 0 amide bonds. The van der Waals surface area contributed by atoms with Gasteiger partial charge in [-0.15, -0.1) is 0 Å². The monoisotopic (exact) mass is 499 g/mol. The van der Waals surface area contributed by atoms with Crippen molar-refractivity contribution >= 4 is 17.0 Å². The topological polar surface area (TPSA) is 113 Å². The Morgan fingerprint density at radius 2 is 1.89 bits per heavy atom. The highest BCUT2D eigenvalue weighted by Gasteiger charge is 2.23. The summed E-state index contributed by atoms with van der Waals surface area (Å²) >= 11 is 0. The Bertz CT molecular complexity index is 1200. The van der Waals surface area contributed by atoms with E-state index in [1.165, 1.54) is 4.68 Å². The van der Waals surface area contributed by atoms with Crippen molar-refractivity contribution < 1.29 is 33.6 Å². The molecule has 0 aliphatic carbocycles. The minimum atomic E-state index is -0.748. The number of aryl methyl sites for hydroxylation is 1. The number of fused-ring (bicyclic) bond motifs is 2. The average molecular weight is 500 g/mol. The number of ether oxygens (including phenoxy) is 5. The van der Waals surface area contributed by atoms with Crippen LogP contribution in [0.2, 0.25) is 0 Å². The van der Waals surface area contributed by atoms with Crippen molar-refractivity contribution in [2.75, 3.05) is 39.5 Å². The third kappa shape index (κ3) is 6.19. The Kier molecular flexibility index (Phi) is 7.85. The number of aliphatic hydroxyl groups is 1. The number of aliphatic hydroxyl groups excluding tert-OH is 1. The van der Waals surface area contributed by atoms with Crippen LogP contribution < -0.4 is 24.3 Å². The maximum absolute atomic E-state index is 12.6. The third-order valence-corrected chi connectivity index (χ3v) is 5.29. The second-order valence-electron chi connectivity index (χ2n) is 9.43. The molecule has 10 heteroatoms. The van der Waals surface area contributed by atoms with Crippen LogP contribution in [-0.4, -0.2) is 72.2 Å². The van der Waals surface area contributed by atoms with E-state index in [0.717, 1.165) is 0 Å². The van der Waals surface area contributed by atoms with E-state index in [4.69, 9.17) is 23.7 Å². The number of nitrogens with zero attached hydrogens (tertiary/aromatic N) is 2. The zero-order chi connectivity index (χ0) is 25.7. The summed E-state index contributed by atoms with van der Waals surface area (Å²) < 4.78 is 29.6. The summed E-state index contributed by atoms with van der Waals surface area (Å²) in [6, 6.07) is 10.9. The van der Waals surface area contributed by atoms with Crippen LogP contribution in [0.15, 0.2) is 36.4 Å². The van der Waals surface area contributed by atoms with Gasteiger partial charge in [0.15, 0.2) is 11.5 Å². The summed E-state index contributed by atoms with van der Waals surface area (Å²) in [5.41, 5.74) is 0.581. The molecule has 0 spiro atoms. The Hall–Kier alpha value is -3.50. The van der Waals surface area contributed by atoms with Crippen LogP contribution in [-0.2, 0) is 4.74 Å². The second kappa shape index (κ2) is 11.0. The van der Waals surface area contributed by atoms with Crippen molar-refractivity contribution in [2.24, 2.45) is 0 Å². The molecule has 0 saturated carbocycles. The van der Waals surface area contributed by atoms with Crippen LogP contribution in [0, 0.1) is 6.92 Å². The van der Waals surface area contributed by atoms with E-state index in [9.17, 15) is 9.90 Å². The standard InChI is InChI=1S/C26H33N3O7/c1-17-23-19(29(28-17)25(31)36-26(2,3)4)7-5-8-20(23)35-16-18(30)15-27-11-12-32-21-9-6-10-22-24(21)34-14-13-33-22/h5-10,18,27,30H,11-16H2,1-4H3. The number of hydrogen-bond donors (Lipinski definition) is 2. The first-order valence-electron chi connectivity index (χ1n) is 12.0. The normalized spacial score (nSPS) is 13.9. The highest BCUT2D eigenvalue weighted by molar-refractivity contribution is 5.93. The van der Waals surface area contributed by atoms with Crippen molar-refractivity contribution in [1.29, 1.82) is 0 Å². The third-order valence-electron chi connectivity index (χ3n) is 5.29. The number of hydrogen-bond acceptors (Lipinski definition) is 9. The fourth-order valence-corrected chi connectivity index (χ4v) is 3.79. The first kappa shape index (κ1) is 25.6. The van der Waals surface area contributed by atoms with Gasteiger partial charge in [0.2, 0.25) is 5.75 Å². The molecule has 1 aromatic heterocycles. The number of benzene rings is 2. The van der Waals surface area contributed by atoms with E-state index in [1.807, 2.05) is 18.2 Å². The lowest BCUT2D eigenvalue weighted by molar-refractivity contribution is 0.0522. The number of aromatic nitrogens is 2. The SMILES string of the molecule is Cc1nn(C(=O)OC(C)(C)C)c2cccc(OCC(O)CNCCOc3cccc4c3OCCO4)c12. The molecule has 1 unspecified atom stereocenters. The Morgan fingerprint density at radius 3 is 2.69 bits per heavy atom. The number of rotatable bonds is 9. The highest BCUT2D eigenvalue weighted by Crippen LogP contribution is 2.38. The number of nitrogens with one attached hydrogen (secondary N) is 1. The van der Waals surface area contributed by atoms with Gasteiger partial charge in [0, 0.05) is 13.1 Å². The lowest BCUT2D eigenvalue weighted by Crippen LogP contribution is -2.33. The predicted molar refractivity (Wildman–Crippen MR) is 133 cm³/mol. The molecule has 10 nitrogen and oxygen atoms in total. The van der Waals surface area contributed by atoms with E-state index in [1.54, 1.807) is 45.9 Å². The molecule has 36 heavy (non-hydrogen) atoms. The van der Waals surface area contributed by atoms with Crippen LogP contribution in [0.4, 0.5) is 4.79 Å². The van der Waals surface area contributed by atoms with Gasteiger partial charge in [0.1, 0.15) is 43.9 Å². The number of carbonyl (C=O) groups is 1. The van der Waals surface area contributed by atoms with Gasteiger partial charge in [-0.05, 0) is 52.0 Å². The van der Waals surface area contributed by atoms with Gasteiger partial charge in [-0.3, -0.25) is 0 Å². The molecule has 1 aliphatic rings. The Morgan fingerprint density at radius 1 is 1.14 bits per heavy atom. The number of para-hydroxylation sites is 1. The van der Waals surface area contributed by atoms with Crippen LogP contribution >= 0.6 is 0 Å². The number of carbonyl (C=O) groups excluding carboxylic acids is 1. The van der Waals surface area contributed by atoms with Crippen molar-refractivity contribution in [2.45, 2.75) is 39.4 Å². The summed E-state index contributed by atoms with van der Waals surface area (Å²) in [7, 11) is 0. The molecule has 4 rings (SSSR count). The van der Waals surface area contributed by atoms with E-state index in [2.05, 4.69) is 10.4 Å². The van der Waals surface area contributed by atoms with Crippen LogP contribution in [0.3, 0.4) is 0 Å². The van der Waals surface area contributed by atoms with Gasteiger partial charge in [-0.1, -0.05) is 12.1 Å². The second-order valence-corrected chi connectivity index (χ2v) is 9.43. The summed E-state index contributed by atoms with van der Waals surface area (Å²) in [6.07, 6.45) is -1.30. The van der Waals surface area contributed by atoms with E-state index >= 15 is 0 Å². The molecular formula is C26H33N3O7. The lowest BCUT2D eigenvalue weighted by atomic mass is 10.2. The highest BCUT2D eigenvalue weighted by atomic mass is 16.6. The smallest absolute Gasteiger partial charge is 0.435 e. The van der Waals surface area contributed by atoms with Crippen molar-refractivity contribution in [3.05, 3.63) is 42.1 Å². The summed E-state index contributed by atoms with van der Waals surface area (Å²) in [6.45, 7) is 9.55. The van der Waals surface area contributed by atoms with E-state index in [0.29, 0.717) is 72.5 Å². The molecule has 3 aromatic rings. The van der Waals surface area contributed by atoms with Gasteiger partial charge in [0.05, 0.1) is 16.6 Å². The van der Waals surface area contributed by atoms with E-state index in [-0.39, 0.29) is 6.61 Å². The molecule has 0 bridgehead atoms. The molecule has 1 atom stereocenters. The molecule has 2 aromatic carbocycles. The van der Waals surface area contributed by atoms with Crippen LogP contribution in [0.1, 0.15) is 26.5 Å². The van der Waals surface area contributed by atoms with Gasteiger partial charge in [-0.25, -0.2) is 4.79 Å². The maximum Gasteiger partial charge on any atom is 0.435 e. The summed E-state index contributed by atoms with van der Waals surface area (Å²) in [4.78, 5) is 12.6. The summed E-state index contributed by atoms with van der Waals surface area (Å²) in [5, 5.41) is 18.6. The van der Waals surface area contributed by atoms with Crippen LogP contribution in [0.25, 0.3) is 10.9 Å². The van der Waals surface area contributed by atoms with Crippen molar-refractivity contribution in [3.8, 4) is 23.0 Å². The average Bonchev–Trinajstić information content (AvgIpc) is 3.19. The molecule has 2 heterocycles. The molecule has 2 N–H and O–H groups in total. The fourth-order valence-electron chi connectivity index (χ4n) is 3.79. The van der Waals surface area contributed by atoms with Crippen molar-refractivity contribution in [3.63, 3.8) is 0 Å². The van der Waals surface area contributed by atoms with Gasteiger partial charge in [0.25, 0.3) is 0 Å².